The monoisotopic (exact) mass is 457 g/mol. The first-order chi connectivity index (χ1) is 16.0. The summed E-state index contributed by atoms with van der Waals surface area (Å²) in [6.45, 7) is 4.31. The summed E-state index contributed by atoms with van der Waals surface area (Å²) in [4.78, 5) is 34.1. The summed E-state index contributed by atoms with van der Waals surface area (Å²) in [5.74, 6) is 1.43. The number of nitrogens with zero attached hydrogens (tertiary/aromatic N) is 1. The van der Waals surface area contributed by atoms with E-state index in [1.165, 1.54) is 22.9 Å². The van der Waals surface area contributed by atoms with Crippen LogP contribution in [0.25, 0.3) is 0 Å². The quantitative estimate of drug-likeness (QED) is 0.377. The van der Waals surface area contributed by atoms with Crippen molar-refractivity contribution in [2.75, 3.05) is 5.32 Å². The Morgan fingerprint density at radius 2 is 1.79 bits per heavy atom. The molecular weight excluding hydrogens is 430 g/mol. The van der Waals surface area contributed by atoms with E-state index in [4.69, 9.17) is 4.98 Å². The molecule has 2 N–H and O–H groups in total. The topological polar surface area (TPSA) is 74.8 Å². The number of Topliss-reactive ketones (excluding diaryl/α,β-unsaturated/α-hetero) is 1. The van der Waals surface area contributed by atoms with Crippen LogP contribution in [-0.4, -0.2) is 15.8 Å². The standard InChI is InChI=1S/C27H27N3O2S/c1-16(2)18-11-13-19(14-12-18)22-23-20(9-6-10-21(23)31)28-25-24(22)26(32)30-27(29-25)33-15-17-7-4-3-5-8-17/h3-5,7-8,11-14,16,22H,6,9-10,15H2,1-2H3,(H2,28,29,30,32)/t22-/m1/s1. The first kappa shape index (κ1) is 21.7. The van der Waals surface area contributed by atoms with E-state index in [-0.39, 0.29) is 11.3 Å². The van der Waals surface area contributed by atoms with Gasteiger partial charge in [0.25, 0.3) is 5.56 Å². The summed E-state index contributed by atoms with van der Waals surface area (Å²) < 4.78 is 0. The number of thioether (sulfide) groups is 1. The van der Waals surface area contributed by atoms with E-state index in [0.29, 0.717) is 28.9 Å². The van der Waals surface area contributed by atoms with Crippen LogP contribution in [0.3, 0.4) is 0 Å². The van der Waals surface area contributed by atoms with Gasteiger partial charge in [-0.1, -0.05) is 80.2 Å². The van der Waals surface area contributed by atoms with Crippen LogP contribution in [0.1, 0.15) is 67.2 Å². The molecule has 5 nitrogen and oxygen atoms in total. The van der Waals surface area contributed by atoms with E-state index in [2.05, 4.69) is 60.5 Å². The second-order valence-corrected chi connectivity index (χ2v) is 9.92. The molecule has 2 aromatic carbocycles. The van der Waals surface area contributed by atoms with E-state index in [9.17, 15) is 9.59 Å². The van der Waals surface area contributed by atoms with Crippen molar-refractivity contribution in [3.05, 3.63) is 98.5 Å². The van der Waals surface area contributed by atoms with Gasteiger partial charge in [-0.2, -0.15) is 0 Å². The molecule has 33 heavy (non-hydrogen) atoms. The molecule has 5 rings (SSSR count). The first-order valence-corrected chi connectivity index (χ1v) is 12.4. The second kappa shape index (κ2) is 9.02. The van der Waals surface area contributed by atoms with Crippen molar-refractivity contribution in [3.63, 3.8) is 0 Å². The molecular formula is C27H27N3O2S. The molecule has 1 atom stereocenters. The number of aromatic nitrogens is 2. The highest BCUT2D eigenvalue weighted by Crippen LogP contribution is 2.43. The number of fused-ring (bicyclic) bond motifs is 1. The number of hydrogen-bond acceptors (Lipinski definition) is 5. The second-order valence-electron chi connectivity index (χ2n) is 8.96. The molecule has 0 saturated carbocycles. The molecule has 3 aromatic rings. The average Bonchev–Trinajstić information content (AvgIpc) is 2.82. The molecule has 0 bridgehead atoms. The van der Waals surface area contributed by atoms with Gasteiger partial charge in [0.1, 0.15) is 5.82 Å². The number of nitrogens with one attached hydrogen (secondary N) is 2. The Balaban J connectivity index is 1.56. The summed E-state index contributed by atoms with van der Waals surface area (Å²) >= 11 is 1.50. The lowest BCUT2D eigenvalue weighted by Gasteiger charge is -2.33. The molecule has 0 unspecified atom stereocenters. The Kier molecular flexibility index (Phi) is 5.94. The number of anilines is 1. The smallest absolute Gasteiger partial charge is 0.257 e. The highest BCUT2D eigenvalue weighted by Gasteiger charge is 2.37. The van der Waals surface area contributed by atoms with Gasteiger partial charge in [-0.25, -0.2) is 4.98 Å². The van der Waals surface area contributed by atoms with Gasteiger partial charge in [-0.05, 0) is 35.4 Å². The van der Waals surface area contributed by atoms with Gasteiger partial charge in [0.15, 0.2) is 10.9 Å². The number of rotatable bonds is 5. The largest absolute Gasteiger partial charge is 0.343 e. The molecule has 0 spiro atoms. The van der Waals surface area contributed by atoms with Crippen molar-refractivity contribution in [2.24, 2.45) is 0 Å². The third-order valence-electron chi connectivity index (χ3n) is 6.39. The fraction of sp³-hybridized carbons (Fsp3) is 0.296. The van der Waals surface area contributed by atoms with Crippen LogP contribution in [0.4, 0.5) is 5.82 Å². The number of aromatic amines is 1. The van der Waals surface area contributed by atoms with Gasteiger partial charge in [0.2, 0.25) is 0 Å². The van der Waals surface area contributed by atoms with Crippen LogP contribution >= 0.6 is 11.8 Å². The summed E-state index contributed by atoms with van der Waals surface area (Å²) in [6, 6.07) is 18.4. The van der Waals surface area contributed by atoms with E-state index in [1.54, 1.807) is 0 Å². The molecule has 1 aromatic heterocycles. The normalized spacial score (nSPS) is 17.5. The molecule has 168 valence electrons. The predicted octanol–water partition coefficient (Wildman–Crippen LogP) is 5.75. The Morgan fingerprint density at radius 1 is 1.03 bits per heavy atom. The summed E-state index contributed by atoms with van der Waals surface area (Å²) in [5.41, 5.74) is 5.34. The third-order valence-corrected chi connectivity index (χ3v) is 7.34. The molecule has 2 aliphatic rings. The van der Waals surface area contributed by atoms with E-state index in [0.717, 1.165) is 35.4 Å². The third kappa shape index (κ3) is 4.27. The minimum atomic E-state index is -0.394. The number of benzene rings is 2. The number of hydrogen-bond donors (Lipinski definition) is 2. The highest BCUT2D eigenvalue weighted by molar-refractivity contribution is 7.98. The Labute approximate surface area is 197 Å². The Bertz CT molecular complexity index is 1280. The van der Waals surface area contributed by atoms with Gasteiger partial charge in [-0.3, -0.25) is 9.59 Å². The lowest BCUT2D eigenvalue weighted by atomic mass is 9.76. The molecule has 2 heterocycles. The van der Waals surface area contributed by atoms with Gasteiger partial charge in [0, 0.05) is 29.4 Å². The molecule has 0 radical (unpaired) electrons. The van der Waals surface area contributed by atoms with Crippen molar-refractivity contribution in [3.8, 4) is 0 Å². The van der Waals surface area contributed by atoms with Gasteiger partial charge in [-0.15, -0.1) is 0 Å². The number of carbonyl (C=O) groups is 1. The van der Waals surface area contributed by atoms with E-state index < -0.39 is 5.92 Å². The fourth-order valence-electron chi connectivity index (χ4n) is 4.64. The maximum Gasteiger partial charge on any atom is 0.257 e. The van der Waals surface area contributed by atoms with Crippen molar-refractivity contribution in [1.82, 2.24) is 9.97 Å². The average molecular weight is 458 g/mol. The maximum absolute atomic E-state index is 13.4. The van der Waals surface area contributed by atoms with Crippen molar-refractivity contribution in [2.45, 2.75) is 55.9 Å². The van der Waals surface area contributed by atoms with Crippen molar-refractivity contribution in [1.29, 1.82) is 0 Å². The Morgan fingerprint density at radius 3 is 2.52 bits per heavy atom. The predicted molar refractivity (Wildman–Crippen MR) is 133 cm³/mol. The zero-order chi connectivity index (χ0) is 22.9. The first-order valence-electron chi connectivity index (χ1n) is 11.5. The van der Waals surface area contributed by atoms with Crippen LogP contribution in [-0.2, 0) is 10.5 Å². The minimum Gasteiger partial charge on any atom is -0.343 e. The van der Waals surface area contributed by atoms with Crippen LogP contribution < -0.4 is 10.9 Å². The van der Waals surface area contributed by atoms with E-state index in [1.807, 2.05) is 18.2 Å². The van der Waals surface area contributed by atoms with Gasteiger partial charge >= 0.3 is 0 Å². The lowest BCUT2D eigenvalue weighted by Crippen LogP contribution is -2.32. The molecule has 1 aliphatic heterocycles. The van der Waals surface area contributed by atoms with Crippen LogP contribution in [0.2, 0.25) is 0 Å². The molecule has 0 fully saturated rings. The molecule has 1 aliphatic carbocycles. The van der Waals surface area contributed by atoms with Crippen LogP contribution in [0.15, 0.2) is 75.8 Å². The Hall–Kier alpha value is -3.12. The van der Waals surface area contributed by atoms with Crippen molar-refractivity contribution < 1.29 is 4.79 Å². The molecule has 0 saturated heterocycles. The zero-order valence-corrected chi connectivity index (χ0v) is 19.7. The molecule has 6 heteroatoms. The summed E-state index contributed by atoms with van der Waals surface area (Å²) in [6.07, 6.45) is 2.13. The van der Waals surface area contributed by atoms with Crippen LogP contribution in [0.5, 0.6) is 0 Å². The number of allylic oxidation sites excluding steroid dienone is 2. The lowest BCUT2D eigenvalue weighted by molar-refractivity contribution is -0.116. The minimum absolute atomic E-state index is 0.120. The number of H-pyrrole nitrogens is 1. The van der Waals surface area contributed by atoms with Crippen molar-refractivity contribution >= 4 is 23.4 Å². The maximum atomic E-state index is 13.4. The summed E-state index contributed by atoms with van der Waals surface area (Å²) in [7, 11) is 0. The molecule has 0 amide bonds. The SMILES string of the molecule is CC(C)c1ccc([C@@H]2C3=C(CCCC3=O)Nc3nc(SCc4ccccc4)[nH]c(=O)c32)cc1. The summed E-state index contributed by atoms with van der Waals surface area (Å²) in [5, 5.41) is 3.93. The number of carbonyl (C=O) groups excluding carboxylic acids is 1. The fourth-order valence-corrected chi connectivity index (χ4v) is 5.46. The zero-order valence-electron chi connectivity index (χ0n) is 18.9. The van der Waals surface area contributed by atoms with Gasteiger partial charge < -0.3 is 10.3 Å². The van der Waals surface area contributed by atoms with E-state index >= 15 is 0 Å². The highest BCUT2D eigenvalue weighted by atomic mass is 32.2. The number of ketones is 1. The van der Waals surface area contributed by atoms with Gasteiger partial charge in [0.05, 0.1) is 5.56 Å². The van der Waals surface area contributed by atoms with Crippen LogP contribution in [0, 0.1) is 0 Å².